The van der Waals surface area contributed by atoms with Gasteiger partial charge in [-0.3, -0.25) is 0 Å². The number of rotatable bonds is 8. The summed E-state index contributed by atoms with van der Waals surface area (Å²) in [5.74, 6) is 1.46. The molecule has 1 fully saturated rings. The maximum atomic E-state index is 11.5. The predicted octanol–water partition coefficient (Wildman–Crippen LogP) is 3.61. The molecule has 1 aliphatic carbocycles. The predicted molar refractivity (Wildman–Crippen MR) is 126 cm³/mol. The second-order valence-corrected chi connectivity index (χ2v) is 9.61. The molecule has 8 heteroatoms. The number of primary sulfonamides is 1. The standard InChI is InChI=1S/C20H34N4O2S.HI/c1-4-22-19(24-15-20(13-16(2)3)10-5-6-11-20)23-14-17-8-7-9-18(12-17)27(21,25)26;/h7-9,12,16H,4-6,10-11,13-15H2,1-3H3,(H2,21,25,26)(H2,22,23,24);1H. The van der Waals surface area contributed by atoms with E-state index >= 15 is 0 Å². The first kappa shape index (κ1) is 25.2. The number of nitrogens with one attached hydrogen (secondary N) is 2. The van der Waals surface area contributed by atoms with Gasteiger partial charge in [-0.05, 0) is 55.2 Å². The van der Waals surface area contributed by atoms with Crippen LogP contribution in [0.4, 0.5) is 0 Å². The molecule has 0 heterocycles. The van der Waals surface area contributed by atoms with Crippen LogP contribution >= 0.6 is 24.0 Å². The maximum Gasteiger partial charge on any atom is 0.238 e. The van der Waals surface area contributed by atoms with Gasteiger partial charge in [-0.25, -0.2) is 18.5 Å². The van der Waals surface area contributed by atoms with Crippen molar-refractivity contribution in [3.8, 4) is 0 Å². The lowest BCUT2D eigenvalue weighted by atomic mass is 9.78. The van der Waals surface area contributed by atoms with Crippen LogP contribution in [-0.2, 0) is 16.6 Å². The van der Waals surface area contributed by atoms with Crippen molar-refractivity contribution in [2.75, 3.05) is 13.1 Å². The van der Waals surface area contributed by atoms with Crippen molar-refractivity contribution in [3.05, 3.63) is 29.8 Å². The molecule has 1 saturated carbocycles. The first-order valence-corrected chi connectivity index (χ1v) is 11.4. The molecule has 6 nitrogen and oxygen atoms in total. The number of sulfonamides is 1. The highest BCUT2D eigenvalue weighted by atomic mass is 127. The summed E-state index contributed by atoms with van der Waals surface area (Å²) in [4.78, 5) is 4.76. The normalized spacial score (nSPS) is 16.7. The van der Waals surface area contributed by atoms with Crippen molar-refractivity contribution in [1.82, 2.24) is 10.6 Å². The lowest BCUT2D eigenvalue weighted by molar-refractivity contribution is 0.235. The van der Waals surface area contributed by atoms with Crippen molar-refractivity contribution < 1.29 is 8.42 Å². The molecule has 1 aliphatic rings. The number of aliphatic imine (C=N–C) groups is 1. The van der Waals surface area contributed by atoms with Crippen LogP contribution in [0.5, 0.6) is 0 Å². The summed E-state index contributed by atoms with van der Waals surface area (Å²) < 4.78 is 23.0. The van der Waals surface area contributed by atoms with Crippen LogP contribution in [0.1, 0.15) is 58.4 Å². The van der Waals surface area contributed by atoms with Gasteiger partial charge in [-0.1, -0.05) is 38.8 Å². The Bertz CT molecular complexity index is 744. The van der Waals surface area contributed by atoms with Crippen LogP contribution in [0.15, 0.2) is 34.2 Å². The number of hydrogen-bond donors (Lipinski definition) is 3. The summed E-state index contributed by atoms with van der Waals surface area (Å²) in [6, 6.07) is 6.64. The zero-order valence-electron chi connectivity index (χ0n) is 17.2. The topological polar surface area (TPSA) is 96.6 Å². The first-order valence-electron chi connectivity index (χ1n) is 9.88. The Morgan fingerprint density at radius 3 is 2.50 bits per heavy atom. The molecule has 160 valence electrons. The molecule has 0 unspecified atom stereocenters. The zero-order chi connectivity index (χ0) is 19.9. The summed E-state index contributed by atoms with van der Waals surface area (Å²) >= 11 is 0. The minimum absolute atomic E-state index is 0. The third kappa shape index (κ3) is 7.87. The second kappa shape index (κ2) is 11.3. The van der Waals surface area contributed by atoms with Crippen LogP contribution in [-0.4, -0.2) is 27.5 Å². The van der Waals surface area contributed by atoms with Gasteiger partial charge in [0.1, 0.15) is 0 Å². The van der Waals surface area contributed by atoms with Gasteiger partial charge in [0.05, 0.1) is 11.4 Å². The Labute approximate surface area is 187 Å². The fraction of sp³-hybridized carbons (Fsp3) is 0.650. The monoisotopic (exact) mass is 522 g/mol. The van der Waals surface area contributed by atoms with E-state index in [1.165, 1.54) is 38.2 Å². The van der Waals surface area contributed by atoms with E-state index in [2.05, 4.69) is 29.5 Å². The van der Waals surface area contributed by atoms with Gasteiger partial charge in [-0.15, -0.1) is 24.0 Å². The SMILES string of the molecule is CCNC(=NCc1cccc(S(N)(=O)=O)c1)NCC1(CC(C)C)CCCC1.I. The lowest BCUT2D eigenvalue weighted by Crippen LogP contribution is -2.43. The largest absolute Gasteiger partial charge is 0.357 e. The van der Waals surface area contributed by atoms with Crippen molar-refractivity contribution in [2.45, 2.75) is 64.3 Å². The number of guanidine groups is 1. The second-order valence-electron chi connectivity index (χ2n) is 8.05. The van der Waals surface area contributed by atoms with E-state index in [9.17, 15) is 8.42 Å². The van der Waals surface area contributed by atoms with E-state index in [0.717, 1.165) is 24.6 Å². The van der Waals surface area contributed by atoms with Crippen LogP contribution in [0, 0.1) is 11.3 Å². The fourth-order valence-electron chi connectivity index (χ4n) is 4.05. The van der Waals surface area contributed by atoms with Gasteiger partial charge < -0.3 is 10.6 Å². The quantitative estimate of drug-likeness (QED) is 0.276. The summed E-state index contributed by atoms with van der Waals surface area (Å²) in [5.41, 5.74) is 1.18. The molecular weight excluding hydrogens is 487 g/mol. The van der Waals surface area contributed by atoms with Crippen LogP contribution in [0.2, 0.25) is 0 Å². The van der Waals surface area contributed by atoms with Gasteiger partial charge in [-0.2, -0.15) is 0 Å². The van der Waals surface area contributed by atoms with Gasteiger partial charge in [0.15, 0.2) is 5.96 Å². The van der Waals surface area contributed by atoms with E-state index in [1.807, 2.05) is 13.0 Å². The van der Waals surface area contributed by atoms with Crippen molar-refractivity contribution >= 4 is 40.0 Å². The molecule has 0 bridgehead atoms. The lowest BCUT2D eigenvalue weighted by Gasteiger charge is -2.32. The highest BCUT2D eigenvalue weighted by molar-refractivity contribution is 14.0. The molecular formula is C20H35IN4O2S. The van der Waals surface area contributed by atoms with Gasteiger partial charge in [0.25, 0.3) is 0 Å². The van der Waals surface area contributed by atoms with Crippen molar-refractivity contribution in [1.29, 1.82) is 0 Å². The molecule has 0 atom stereocenters. The molecule has 0 amide bonds. The molecule has 4 N–H and O–H groups in total. The fourth-order valence-corrected chi connectivity index (χ4v) is 4.63. The minimum Gasteiger partial charge on any atom is -0.357 e. The van der Waals surface area contributed by atoms with E-state index in [0.29, 0.717) is 17.9 Å². The number of nitrogens with two attached hydrogens (primary N) is 1. The highest BCUT2D eigenvalue weighted by Gasteiger charge is 2.34. The molecule has 0 spiro atoms. The number of hydrogen-bond acceptors (Lipinski definition) is 3. The zero-order valence-corrected chi connectivity index (χ0v) is 20.3. The average molecular weight is 522 g/mol. The van der Waals surface area contributed by atoms with Gasteiger partial charge >= 0.3 is 0 Å². The van der Waals surface area contributed by atoms with Gasteiger partial charge in [0, 0.05) is 13.1 Å². The first-order chi connectivity index (χ1) is 12.7. The van der Waals surface area contributed by atoms with Crippen LogP contribution in [0.3, 0.4) is 0 Å². The Morgan fingerprint density at radius 2 is 1.93 bits per heavy atom. The van der Waals surface area contributed by atoms with E-state index in [4.69, 9.17) is 5.14 Å². The number of halogens is 1. The molecule has 1 aromatic rings. The van der Waals surface area contributed by atoms with Crippen LogP contribution < -0.4 is 15.8 Å². The van der Waals surface area contributed by atoms with Gasteiger partial charge in [0.2, 0.25) is 10.0 Å². The third-order valence-electron chi connectivity index (χ3n) is 5.13. The molecule has 0 saturated heterocycles. The number of benzene rings is 1. The summed E-state index contributed by atoms with van der Waals surface area (Å²) in [6.07, 6.45) is 6.39. The Morgan fingerprint density at radius 1 is 1.25 bits per heavy atom. The molecule has 28 heavy (non-hydrogen) atoms. The van der Waals surface area contributed by atoms with E-state index in [1.54, 1.807) is 12.1 Å². The molecule has 0 radical (unpaired) electrons. The van der Waals surface area contributed by atoms with E-state index in [-0.39, 0.29) is 28.9 Å². The Hall–Kier alpha value is -0.870. The average Bonchev–Trinajstić information content (AvgIpc) is 3.05. The van der Waals surface area contributed by atoms with Crippen molar-refractivity contribution in [2.24, 2.45) is 21.5 Å². The maximum absolute atomic E-state index is 11.5. The Kier molecular flexibility index (Phi) is 10.2. The van der Waals surface area contributed by atoms with E-state index < -0.39 is 10.0 Å². The Balaban J connectivity index is 0.00000392. The summed E-state index contributed by atoms with van der Waals surface area (Å²) in [6.45, 7) is 8.72. The number of nitrogens with zero attached hydrogens (tertiary/aromatic N) is 1. The molecule has 1 aromatic carbocycles. The summed E-state index contributed by atoms with van der Waals surface area (Å²) in [5, 5.41) is 12.0. The minimum atomic E-state index is -3.69. The highest BCUT2D eigenvalue weighted by Crippen LogP contribution is 2.42. The third-order valence-corrected chi connectivity index (χ3v) is 6.04. The summed E-state index contributed by atoms with van der Waals surface area (Å²) in [7, 11) is -3.69. The van der Waals surface area contributed by atoms with Crippen LogP contribution in [0.25, 0.3) is 0 Å². The molecule has 0 aromatic heterocycles. The molecule has 2 rings (SSSR count). The smallest absolute Gasteiger partial charge is 0.238 e. The van der Waals surface area contributed by atoms with Crippen molar-refractivity contribution in [3.63, 3.8) is 0 Å². The molecule has 0 aliphatic heterocycles.